The summed E-state index contributed by atoms with van der Waals surface area (Å²) in [5, 5.41) is 14.1. The number of carbonyl (C=O) groups is 3. The minimum Gasteiger partial charge on any atom is -0.461 e. The average Bonchev–Trinajstić information content (AvgIpc) is 2.77. The number of ether oxygens (including phenoxy) is 4. The van der Waals surface area contributed by atoms with Crippen LogP contribution in [0.3, 0.4) is 0 Å². The van der Waals surface area contributed by atoms with E-state index in [9.17, 15) is 14.4 Å². The first-order valence-electron chi connectivity index (χ1n) is 9.01. The molecule has 10 nitrogen and oxygen atoms in total. The Kier molecular flexibility index (Phi) is 9.73. The lowest BCUT2D eigenvalue weighted by Gasteiger charge is -2.33. The van der Waals surface area contributed by atoms with Crippen molar-refractivity contribution in [3.63, 3.8) is 0 Å². The lowest BCUT2D eigenvalue weighted by Crippen LogP contribution is -2.44. The molecule has 0 bridgehead atoms. The molecular weight excluding hydrogens is 382 g/mol. The minimum atomic E-state index is -1.02. The number of nitrogens with one attached hydrogen (secondary N) is 2. The van der Waals surface area contributed by atoms with Crippen LogP contribution in [0.15, 0.2) is 24.3 Å². The Labute approximate surface area is 169 Å². The van der Waals surface area contributed by atoms with Gasteiger partial charge in [-0.25, -0.2) is 14.4 Å². The molecule has 10 heteroatoms. The molecule has 1 saturated heterocycles. The van der Waals surface area contributed by atoms with E-state index in [4.69, 9.17) is 29.8 Å². The summed E-state index contributed by atoms with van der Waals surface area (Å²) in [6.45, 7) is 9.58. The number of amides is 1. The molecule has 0 atom stereocenters. The van der Waals surface area contributed by atoms with Crippen LogP contribution in [0.5, 0.6) is 0 Å². The fraction of sp³-hybridized carbons (Fsp3) is 0.526. The number of nitrogens with zero attached hydrogens (tertiary/aromatic N) is 1. The fourth-order valence-corrected chi connectivity index (χ4v) is 2.22. The topological polar surface area (TPSA) is 139 Å². The second-order valence-electron chi connectivity index (χ2n) is 6.50. The molecule has 29 heavy (non-hydrogen) atoms. The molecule has 2 N–H and O–H groups in total. The molecule has 1 rings (SSSR count). The van der Waals surface area contributed by atoms with Gasteiger partial charge in [-0.3, -0.25) is 0 Å². The fourth-order valence-electron chi connectivity index (χ4n) is 2.22. The maximum absolute atomic E-state index is 12.3. The zero-order valence-corrected chi connectivity index (χ0v) is 16.5. The monoisotopic (exact) mass is 409 g/mol. The first kappa shape index (κ1) is 24.0. The molecule has 1 amide bonds. The van der Waals surface area contributed by atoms with Crippen LogP contribution in [0.25, 0.3) is 0 Å². The van der Waals surface area contributed by atoms with Gasteiger partial charge in [0.25, 0.3) is 0 Å². The van der Waals surface area contributed by atoms with E-state index >= 15 is 0 Å². The molecule has 0 aromatic heterocycles. The zero-order valence-electron chi connectivity index (χ0n) is 16.5. The third kappa shape index (κ3) is 7.49. The van der Waals surface area contributed by atoms with E-state index in [2.05, 4.69) is 13.2 Å². The van der Waals surface area contributed by atoms with Crippen LogP contribution >= 0.6 is 0 Å². The van der Waals surface area contributed by atoms with Crippen molar-refractivity contribution in [2.45, 2.75) is 13.3 Å². The first-order valence-corrected chi connectivity index (χ1v) is 9.01. The smallest absolute Gasteiger partial charge is 0.409 e. The number of rotatable bonds is 11. The molecule has 1 aliphatic heterocycles. The van der Waals surface area contributed by atoms with Crippen LogP contribution in [0.4, 0.5) is 4.79 Å². The quantitative estimate of drug-likeness (QED) is 0.227. The van der Waals surface area contributed by atoms with Crippen molar-refractivity contribution in [2.75, 3.05) is 46.1 Å². The van der Waals surface area contributed by atoms with E-state index in [0.29, 0.717) is 32.7 Å². The summed E-state index contributed by atoms with van der Waals surface area (Å²) in [5.74, 6) is -1.60. The van der Waals surface area contributed by atoms with E-state index in [1.165, 1.54) is 4.90 Å². The molecule has 1 heterocycles. The Balaban J connectivity index is 2.83. The first-order chi connectivity index (χ1) is 13.8. The van der Waals surface area contributed by atoms with E-state index in [0.717, 1.165) is 12.4 Å². The van der Waals surface area contributed by atoms with Crippen molar-refractivity contribution in [3.05, 3.63) is 24.3 Å². The van der Waals surface area contributed by atoms with Gasteiger partial charge in [-0.05, 0) is 6.42 Å². The second-order valence-corrected chi connectivity index (χ2v) is 6.50. The Bertz CT molecular complexity index is 633. The molecule has 0 unspecified atom stereocenters. The summed E-state index contributed by atoms with van der Waals surface area (Å²) in [7, 11) is 0. The van der Waals surface area contributed by atoms with Gasteiger partial charge in [0, 0.05) is 25.5 Å². The molecule has 1 aliphatic rings. The standard InChI is InChI=1S/C19H27N3O7/c1-4-19(11-27-16(23)14(2)9-20,12-28-17(24)15(3)10-21)13-29-18(25)22-5-7-26-8-6-22/h9-10,20-21H,2-8,11-13H2,1H3. The lowest BCUT2D eigenvalue weighted by atomic mass is 9.88. The van der Waals surface area contributed by atoms with Gasteiger partial charge in [0.05, 0.1) is 29.8 Å². The van der Waals surface area contributed by atoms with Crippen LogP contribution in [-0.2, 0) is 28.5 Å². The number of hydrogen-bond acceptors (Lipinski definition) is 9. The molecule has 0 aromatic rings. The highest BCUT2D eigenvalue weighted by Crippen LogP contribution is 2.25. The van der Waals surface area contributed by atoms with E-state index in [1.807, 2.05) is 0 Å². The second kappa shape index (κ2) is 11.7. The normalized spacial score (nSPS) is 15.4. The predicted octanol–water partition coefficient (Wildman–Crippen LogP) is 1.35. The van der Waals surface area contributed by atoms with Gasteiger partial charge >= 0.3 is 18.0 Å². The predicted molar refractivity (Wildman–Crippen MR) is 104 cm³/mol. The third-order valence-electron chi connectivity index (χ3n) is 4.41. The van der Waals surface area contributed by atoms with Crippen molar-refractivity contribution in [2.24, 2.45) is 5.41 Å². The van der Waals surface area contributed by atoms with Gasteiger partial charge in [-0.1, -0.05) is 20.1 Å². The van der Waals surface area contributed by atoms with Crippen molar-refractivity contribution >= 4 is 30.5 Å². The molecule has 1 fully saturated rings. The molecule has 0 aliphatic carbocycles. The summed E-state index contributed by atoms with van der Waals surface area (Å²) >= 11 is 0. The minimum absolute atomic E-state index is 0.144. The maximum atomic E-state index is 12.3. The molecule has 160 valence electrons. The summed E-state index contributed by atoms with van der Waals surface area (Å²) < 4.78 is 20.9. The summed E-state index contributed by atoms with van der Waals surface area (Å²) in [5.41, 5.74) is -1.30. The van der Waals surface area contributed by atoms with Crippen LogP contribution in [0.1, 0.15) is 13.3 Å². The highest BCUT2D eigenvalue weighted by molar-refractivity contribution is 6.08. The highest BCUT2D eigenvalue weighted by Gasteiger charge is 2.35. The largest absolute Gasteiger partial charge is 0.461 e. The van der Waals surface area contributed by atoms with Crippen molar-refractivity contribution < 1.29 is 33.3 Å². The molecular formula is C19H27N3O7. The lowest BCUT2D eigenvalue weighted by molar-refractivity contribution is -0.151. The third-order valence-corrected chi connectivity index (χ3v) is 4.41. The van der Waals surface area contributed by atoms with Crippen molar-refractivity contribution in [3.8, 4) is 0 Å². The van der Waals surface area contributed by atoms with Crippen LogP contribution in [0.2, 0.25) is 0 Å². The Morgan fingerprint density at radius 2 is 1.41 bits per heavy atom. The molecule has 0 saturated carbocycles. The summed E-state index contributed by atoms with van der Waals surface area (Å²) in [6, 6.07) is 0. The highest BCUT2D eigenvalue weighted by atomic mass is 16.6. The number of morpholine rings is 1. The van der Waals surface area contributed by atoms with Crippen molar-refractivity contribution in [1.29, 1.82) is 10.8 Å². The van der Waals surface area contributed by atoms with E-state index < -0.39 is 23.4 Å². The van der Waals surface area contributed by atoms with Crippen LogP contribution < -0.4 is 0 Å². The Hall–Kier alpha value is -3.01. The van der Waals surface area contributed by atoms with Gasteiger partial charge in [-0.2, -0.15) is 0 Å². The number of esters is 2. The maximum Gasteiger partial charge on any atom is 0.409 e. The number of hydrogen-bond donors (Lipinski definition) is 2. The Morgan fingerprint density at radius 3 is 1.83 bits per heavy atom. The van der Waals surface area contributed by atoms with Crippen molar-refractivity contribution in [1.82, 2.24) is 4.90 Å². The molecule has 0 radical (unpaired) electrons. The van der Waals surface area contributed by atoms with Gasteiger partial charge in [-0.15, -0.1) is 0 Å². The van der Waals surface area contributed by atoms with Gasteiger partial charge in [0.15, 0.2) is 0 Å². The Morgan fingerprint density at radius 1 is 0.966 bits per heavy atom. The summed E-state index contributed by atoms with van der Waals surface area (Å²) in [6.07, 6.45) is 1.33. The van der Waals surface area contributed by atoms with E-state index in [-0.39, 0.29) is 31.0 Å². The summed E-state index contributed by atoms with van der Waals surface area (Å²) in [4.78, 5) is 37.5. The molecule has 0 aromatic carbocycles. The van der Waals surface area contributed by atoms with Crippen LogP contribution in [-0.4, -0.2) is 81.5 Å². The van der Waals surface area contributed by atoms with E-state index in [1.54, 1.807) is 6.92 Å². The molecule has 0 spiro atoms. The van der Waals surface area contributed by atoms with Gasteiger partial charge < -0.3 is 34.7 Å². The SMILES string of the molecule is C=C(C=N)C(=O)OCC(CC)(COC(=O)C(=C)C=N)COC(=O)N1CCOCC1. The average molecular weight is 409 g/mol. The van der Waals surface area contributed by atoms with Crippen LogP contribution in [0, 0.1) is 16.2 Å². The van der Waals surface area contributed by atoms with Gasteiger partial charge in [0.1, 0.15) is 19.8 Å². The zero-order chi connectivity index (χ0) is 21.9. The van der Waals surface area contributed by atoms with Gasteiger partial charge in [0.2, 0.25) is 0 Å². The number of carbonyl (C=O) groups excluding carboxylic acids is 3.